The summed E-state index contributed by atoms with van der Waals surface area (Å²) in [4.78, 5) is 15.4. The number of methoxy groups -OCH3 is 2. The molecule has 2 aromatic rings. The summed E-state index contributed by atoms with van der Waals surface area (Å²) in [6.07, 6.45) is 5.38. The lowest BCUT2D eigenvalue weighted by Gasteiger charge is -2.20. The molecule has 0 atom stereocenters. The van der Waals surface area contributed by atoms with Crippen molar-refractivity contribution in [3.63, 3.8) is 0 Å². The van der Waals surface area contributed by atoms with Crippen LogP contribution in [-0.2, 0) is 6.42 Å². The predicted octanol–water partition coefficient (Wildman–Crippen LogP) is 2.63. The van der Waals surface area contributed by atoms with Crippen molar-refractivity contribution in [1.29, 1.82) is 0 Å². The molecular weight excluding hydrogens is 346 g/mol. The fraction of sp³-hybridized carbons (Fsp3) is 0.526. The van der Waals surface area contributed by atoms with Gasteiger partial charge in [-0.2, -0.15) is 15.0 Å². The molecule has 8 heteroatoms. The number of hydrogen-bond donors (Lipinski definition) is 2. The van der Waals surface area contributed by atoms with E-state index >= 15 is 0 Å². The molecule has 0 bridgehead atoms. The molecule has 1 aromatic heterocycles. The Morgan fingerprint density at radius 1 is 1.04 bits per heavy atom. The molecule has 0 amide bonds. The van der Waals surface area contributed by atoms with E-state index in [-0.39, 0.29) is 5.75 Å². The molecule has 8 nitrogen and oxygen atoms in total. The molecule has 1 aliphatic rings. The summed E-state index contributed by atoms with van der Waals surface area (Å²) in [6.45, 7) is 2.46. The highest BCUT2D eigenvalue weighted by molar-refractivity contribution is 5.46. The largest absolute Gasteiger partial charge is 0.504 e. The van der Waals surface area contributed by atoms with E-state index < -0.39 is 0 Å². The molecule has 1 fully saturated rings. The normalized spacial score (nSPS) is 14.5. The first kappa shape index (κ1) is 19.0. The lowest BCUT2D eigenvalue weighted by molar-refractivity contribution is 0.370. The summed E-state index contributed by atoms with van der Waals surface area (Å²) in [7, 11) is 3.10. The highest BCUT2D eigenvalue weighted by Gasteiger charge is 2.16. The van der Waals surface area contributed by atoms with Crippen LogP contribution in [0.1, 0.15) is 31.2 Å². The van der Waals surface area contributed by atoms with Crippen molar-refractivity contribution < 1.29 is 14.6 Å². The third-order valence-electron chi connectivity index (χ3n) is 4.65. The van der Waals surface area contributed by atoms with Crippen molar-refractivity contribution in [2.24, 2.45) is 0 Å². The molecular formula is C19H27N5O3. The molecule has 1 aromatic carbocycles. The van der Waals surface area contributed by atoms with E-state index in [1.54, 1.807) is 20.3 Å². The maximum absolute atomic E-state index is 10.2. The third-order valence-corrected chi connectivity index (χ3v) is 4.65. The van der Waals surface area contributed by atoms with Crippen LogP contribution in [-0.4, -0.2) is 53.9 Å². The first-order chi connectivity index (χ1) is 13.2. The van der Waals surface area contributed by atoms with E-state index in [0.717, 1.165) is 31.5 Å². The van der Waals surface area contributed by atoms with Crippen LogP contribution in [0, 0.1) is 0 Å². The Bertz CT molecular complexity index is 748. The topological polar surface area (TPSA) is 92.6 Å². The van der Waals surface area contributed by atoms with Crippen LogP contribution in [0.4, 0.5) is 11.9 Å². The maximum Gasteiger partial charge on any atom is 0.322 e. The number of benzene rings is 1. The third kappa shape index (κ3) is 4.90. The van der Waals surface area contributed by atoms with Crippen molar-refractivity contribution in [3.8, 4) is 17.5 Å². The molecule has 0 saturated carbocycles. The number of aromatic nitrogens is 3. The van der Waals surface area contributed by atoms with E-state index in [9.17, 15) is 5.11 Å². The molecule has 0 unspecified atom stereocenters. The molecule has 146 valence electrons. The van der Waals surface area contributed by atoms with E-state index in [1.807, 2.05) is 12.1 Å². The van der Waals surface area contributed by atoms with Crippen molar-refractivity contribution in [3.05, 3.63) is 23.8 Å². The van der Waals surface area contributed by atoms with Gasteiger partial charge in [0.15, 0.2) is 11.5 Å². The molecule has 2 N–H and O–H groups in total. The summed E-state index contributed by atoms with van der Waals surface area (Å²) in [5.74, 6) is 1.76. The monoisotopic (exact) mass is 373 g/mol. The number of aromatic hydroxyl groups is 1. The van der Waals surface area contributed by atoms with Crippen molar-refractivity contribution in [2.75, 3.05) is 44.1 Å². The second-order valence-corrected chi connectivity index (χ2v) is 6.49. The Kier molecular flexibility index (Phi) is 6.51. The Labute approximate surface area is 159 Å². The SMILES string of the molecule is COc1nc(NCCc2cccc(OC)c2O)nc(N2CCCCCC2)n1. The lowest BCUT2D eigenvalue weighted by Crippen LogP contribution is -2.27. The molecule has 0 spiro atoms. The molecule has 2 heterocycles. The van der Waals surface area contributed by atoms with Gasteiger partial charge in [-0.3, -0.25) is 0 Å². The standard InChI is InChI=1S/C19H27N5O3/c1-26-15-9-7-8-14(16(15)25)10-11-20-17-21-18(23-19(22-17)27-2)24-12-5-3-4-6-13-24/h7-9,25H,3-6,10-13H2,1-2H3,(H,20,21,22,23). The Hall–Kier alpha value is -2.77. The molecule has 27 heavy (non-hydrogen) atoms. The van der Waals surface area contributed by atoms with Gasteiger partial charge in [0.25, 0.3) is 0 Å². The average Bonchev–Trinajstić information content (AvgIpc) is 2.98. The number of ether oxygens (including phenoxy) is 2. The van der Waals surface area contributed by atoms with Crippen LogP contribution in [0.15, 0.2) is 18.2 Å². The number of phenolic OH excluding ortho intramolecular Hbond substituents is 1. The van der Waals surface area contributed by atoms with Gasteiger partial charge in [-0.25, -0.2) is 0 Å². The summed E-state index contributed by atoms with van der Waals surface area (Å²) < 4.78 is 10.4. The van der Waals surface area contributed by atoms with Gasteiger partial charge in [-0.15, -0.1) is 0 Å². The first-order valence-electron chi connectivity index (χ1n) is 9.35. The number of rotatable bonds is 7. The zero-order valence-corrected chi connectivity index (χ0v) is 15.9. The van der Waals surface area contributed by atoms with Gasteiger partial charge in [0.05, 0.1) is 14.2 Å². The summed E-state index contributed by atoms with van der Waals surface area (Å²) in [5, 5.41) is 13.4. The molecule has 0 aliphatic carbocycles. The predicted molar refractivity (Wildman–Crippen MR) is 104 cm³/mol. The van der Waals surface area contributed by atoms with Crippen LogP contribution in [0.25, 0.3) is 0 Å². The van der Waals surface area contributed by atoms with E-state index in [2.05, 4.69) is 25.2 Å². The van der Waals surface area contributed by atoms with Crippen LogP contribution in [0.5, 0.6) is 17.5 Å². The summed E-state index contributed by atoms with van der Waals surface area (Å²) >= 11 is 0. The summed E-state index contributed by atoms with van der Waals surface area (Å²) in [6, 6.07) is 5.76. The molecule has 3 rings (SSSR count). The Balaban J connectivity index is 1.68. The van der Waals surface area contributed by atoms with Crippen molar-refractivity contribution >= 4 is 11.9 Å². The quantitative estimate of drug-likeness (QED) is 0.765. The molecule has 0 radical (unpaired) electrons. The summed E-state index contributed by atoms with van der Waals surface area (Å²) in [5.41, 5.74) is 0.801. The highest BCUT2D eigenvalue weighted by Crippen LogP contribution is 2.29. The highest BCUT2D eigenvalue weighted by atomic mass is 16.5. The number of hydrogen-bond acceptors (Lipinski definition) is 8. The Morgan fingerprint density at radius 3 is 2.52 bits per heavy atom. The minimum atomic E-state index is 0.167. The van der Waals surface area contributed by atoms with Gasteiger partial charge in [0, 0.05) is 19.6 Å². The van der Waals surface area contributed by atoms with Gasteiger partial charge in [0.2, 0.25) is 11.9 Å². The fourth-order valence-electron chi connectivity index (χ4n) is 3.17. The van der Waals surface area contributed by atoms with Crippen LogP contribution in [0.2, 0.25) is 0 Å². The van der Waals surface area contributed by atoms with E-state index in [1.165, 1.54) is 12.8 Å². The number of nitrogens with one attached hydrogen (secondary N) is 1. The van der Waals surface area contributed by atoms with Crippen molar-refractivity contribution in [1.82, 2.24) is 15.0 Å². The second-order valence-electron chi connectivity index (χ2n) is 6.49. The number of phenols is 1. The molecule has 1 saturated heterocycles. The minimum Gasteiger partial charge on any atom is -0.504 e. The lowest BCUT2D eigenvalue weighted by atomic mass is 10.1. The van der Waals surface area contributed by atoms with Gasteiger partial charge in [0.1, 0.15) is 0 Å². The van der Waals surface area contributed by atoms with Gasteiger partial charge >= 0.3 is 6.01 Å². The zero-order chi connectivity index (χ0) is 19.1. The van der Waals surface area contributed by atoms with Crippen LogP contribution in [0.3, 0.4) is 0 Å². The van der Waals surface area contributed by atoms with Gasteiger partial charge in [-0.1, -0.05) is 25.0 Å². The van der Waals surface area contributed by atoms with Crippen LogP contribution >= 0.6 is 0 Å². The van der Waals surface area contributed by atoms with E-state index in [0.29, 0.717) is 36.6 Å². The van der Waals surface area contributed by atoms with Crippen LogP contribution < -0.4 is 19.7 Å². The first-order valence-corrected chi connectivity index (χ1v) is 9.35. The minimum absolute atomic E-state index is 0.167. The maximum atomic E-state index is 10.2. The molecule has 1 aliphatic heterocycles. The van der Waals surface area contributed by atoms with Crippen molar-refractivity contribution in [2.45, 2.75) is 32.1 Å². The van der Waals surface area contributed by atoms with Gasteiger partial charge < -0.3 is 24.8 Å². The van der Waals surface area contributed by atoms with E-state index in [4.69, 9.17) is 9.47 Å². The number of nitrogens with zero attached hydrogens (tertiary/aromatic N) is 4. The zero-order valence-electron chi connectivity index (χ0n) is 15.9. The fourth-order valence-corrected chi connectivity index (χ4v) is 3.17. The average molecular weight is 373 g/mol. The smallest absolute Gasteiger partial charge is 0.322 e. The Morgan fingerprint density at radius 2 is 1.81 bits per heavy atom. The number of para-hydroxylation sites is 1. The number of anilines is 2. The van der Waals surface area contributed by atoms with Gasteiger partial charge in [-0.05, 0) is 30.9 Å². The second kappa shape index (κ2) is 9.25.